The molecule has 0 aromatic carbocycles. The smallest absolute Gasteiger partial charge is 0.339 e. The Morgan fingerprint density at radius 3 is 2.75 bits per heavy atom. The zero-order chi connectivity index (χ0) is 9.14. The summed E-state index contributed by atoms with van der Waals surface area (Å²) in [6.07, 6.45) is 0.637. The van der Waals surface area contributed by atoms with Gasteiger partial charge >= 0.3 is 5.63 Å². The third-order valence-electron chi connectivity index (χ3n) is 1.43. The fourth-order valence-corrected chi connectivity index (χ4v) is 0.775. The van der Waals surface area contributed by atoms with Gasteiger partial charge in [0.05, 0.1) is 12.0 Å². The largest absolute Gasteiger partial charge is 0.508 e. The van der Waals surface area contributed by atoms with E-state index in [9.17, 15) is 9.59 Å². The molecule has 0 aliphatic carbocycles. The van der Waals surface area contributed by atoms with Crippen LogP contribution in [0.1, 0.15) is 18.6 Å². The van der Waals surface area contributed by atoms with Crippen molar-refractivity contribution in [3.8, 4) is 5.75 Å². The van der Waals surface area contributed by atoms with Gasteiger partial charge in [-0.05, 0) is 6.92 Å². The summed E-state index contributed by atoms with van der Waals surface area (Å²) < 4.78 is 4.66. The molecule has 0 radical (unpaired) electrons. The van der Waals surface area contributed by atoms with Crippen molar-refractivity contribution in [2.75, 3.05) is 0 Å². The summed E-state index contributed by atoms with van der Waals surface area (Å²) in [5.74, 6) is -0.519. The van der Waals surface area contributed by atoms with Crippen molar-refractivity contribution in [1.29, 1.82) is 0 Å². The standard InChI is InChI=1S/C8H8O4/c1-5(4-9)7-2-6(10)3-8(11)12-7/h2-5,10H,1H3/t5-/m0/s1. The molecular weight excluding hydrogens is 160 g/mol. The Kier molecular flexibility index (Phi) is 2.28. The predicted octanol–water partition coefficient (Wildman–Crippen LogP) is 0.648. The minimum absolute atomic E-state index is 0.176. The van der Waals surface area contributed by atoms with Crippen LogP contribution in [0.4, 0.5) is 0 Å². The van der Waals surface area contributed by atoms with E-state index in [4.69, 9.17) is 5.11 Å². The molecule has 0 saturated carbocycles. The Hall–Kier alpha value is -1.58. The van der Waals surface area contributed by atoms with E-state index < -0.39 is 11.5 Å². The molecule has 0 amide bonds. The lowest BCUT2D eigenvalue weighted by Gasteiger charge is -2.00. The Bertz CT molecular complexity index is 339. The van der Waals surface area contributed by atoms with Gasteiger partial charge in [0, 0.05) is 6.07 Å². The molecule has 1 rings (SSSR count). The van der Waals surface area contributed by atoms with Gasteiger partial charge in [-0.25, -0.2) is 4.79 Å². The molecule has 0 aliphatic rings. The molecule has 1 N–H and O–H groups in total. The maximum Gasteiger partial charge on any atom is 0.339 e. The second-order valence-corrected chi connectivity index (χ2v) is 2.46. The van der Waals surface area contributed by atoms with Crippen molar-refractivity contribution in [2.45, 2.75) is 12.8 Å². The average molecular weight is 168 g/mol. The summed E-state index contributed by atoms with van der Waals surface area (Å²) in [5.41, 5.74) is -0.654. The van der Waals surface area contributed by atoms with Crippen molar-refractivity contribution < 1.29 is 14.3 Å². The molecule has 0 fully saturated rings. The van der Waals surface area contributed by atoms with Gasteiger partial charge in [0.25, 0.3) is 0 Å². The topological polar surface area (TPSA) is 67.5 Å². The molecule has 0 saturated heterocycles. The molecule has 0 aliphatic heterocycles. The fraction of sp³-hybridized carbons (Fsp3) is 0.250. The van der Waals surface area contributed by atoms with E-state index in [-0.39, 0.29) is 11.5 Å². The molecule has 4 nitrogen and oxygen atoms in total. The van der Waals surface area contributed by atoms with Crippen molar-refractivity contribution in [3.05, 3.63) is 28.3 Å². The van der Waals surface area contributed by atoms with E-state index in [1.165, 1.54) is 6.07 Å². The summed E-state index contributed by atoms with van der Waals surface area (Å²) >= 11 is 0. The lowest BCUT2D eigenvalue weighted by atomic mass is 10.1. The molecule has 64 valence electrons. The van der Waals surface area contributed by atoms with E-state index >= 15 is 0 Å². The van der Waals surface area contributed by atoms with E-state index in [0.717, 1.165) is 6.07 Å². The van der Waals surface area contributed by atoms with E-state index in [1.807, 2.05) is 0 Å². The maximum atomic E-state index is 10.7. The first-order valence-corrected chi connectivity index (χ1v) is 3.43. The van der Waals surface area contributed by atoms with Crippen LogP contribution in [0.15, 0.2) is 21.3 Å². The van der Waals surface area contributed by atoms with Crippen LogP contribution in [-0.2, 0) is 4.79 Å². The quantitative estimate of drug-likeness (QED) is 0.658. The summed E-state index contributed by atoms with van der Waals surface area (Å²) in [6.45, 7) is 1.57. The zero-order valence-corrected chi connectivity index (χ0v) is 6.48. The molecule has 4 heteroatoms. The van der Waals surface area contributed by atoms with E-state index in [1.54, 1.807) is 6.92 Å². The molecule has 0 spiro atoms. The van der Waals surface area contributed by atoms with Crippen molar-refractivity contribution in [1.82, 2.24) is 0 Å². The van der Waals surface area contributed by atoms with Crippen LogP contribution in [0.2, 0.25) is 0 Å². The minimum Gasteiger partial charge on any atom is -0.508 e. The molecule has 1 aromatic heterocycles. The van der Waals surface area contributed by atoms with Gasteiger partial charge in [0.2, 0.25) is 0 Å². The molecule has 1 heterocycles. The second kappa shape index (κ2) is 3.21. The first-order chi connectivity index (χ1) is 5.63. The first kappa shape index (κ1) is 8.52. The monoisotopic (exact) mass is 168 g/mol. The molecular formula is C8H8O4. The number of hydrogen-bond acceptors (Lipinski definition) is 4. The van der Waals surface area contributed by atoms with Crippen molar-refractivity contribution in [2.24, 2.45) is 0 Å². The lowest BCUT2D eigenvalue weighted by Crippen LogP contribution is -2.02. The van der Waals surface area contributed by atoms with E-state index in [2.05, 4.69) is 4.42 Å². The van der Waals surface area contributed by atoms with Gasteiger partial charge in [-0.3, -0.25) is 0 Å². The van der Waals surface area contributed by atoms with Crippen molar-refractivity contribution >= 4 is 6.29 Å². The minimum atomic E-state index is -0.654. The van der Waals surface area contributed by atoms with E-state index in [0.29, 0.717) is 6.29 Å². The van der Waals surface area contributed by atoms with Crippen LogP contribution in [0.3, 0.4) is 0 Å². The molecule has 0 unspecified atom stereocenters. The number of hydrogen-bond donors (Lipinski definition) is 1. The van der Waals surface area contributed by atoms with Gasteiger partial charge in [-0.15, -0.1) is 0 Å². The average Bonchev–Trinajstić information content (AvgIpc) is 2.01. The molecule has 12 heavy (non-hydrogen) atoms. The third kappa shape index (κ3) is 1.72. The lowest BCUT2D eigenvalue weighted by molar-refractivity contribution is -0.109. The Labute approximate surface area is 68.4 Å². The van der Waals surface area contributed by atoms with Crippen LogP contribution in [0.5, 0.6) is 5.75 Å². The summed E-state index contributed by atoms with van der Waals surface area (Å²) in [6, 6.07) is 2.20. The number of carbonyl (C=O) groups excluding carboxylic acids is 1. The third-order valence-corrected chi connectivity index (χ3v) is 1.43. The predicted molar refractivity (Wildman–Crippen MR) is 41.1 cm³/mol. The normalized spacial score (nSPS) is 12.4. The highest BCUT2D eigenvalue weighted by molar-refractivity contribution is 5.59. The number of aromatic hydroxyl groups is 1. The van der Waals surface area contributed by atoms with Crippen LogP contribution < -0.4 is 5.63 Å². The SMILES string of the molecule is C[C@@H](C=O)c1cc(O)cc(=O)o1. The number of aldehydes is 1. The summed E-state index contributed by atoms with van der Waals surface area (Å²) in [4.78, 5) is 21.0. The highest BCUT2D eigenvalue weighted by Gasteiger charge is 2.08. The van der Waals surface area contributed by atoms with Gasteiger partial charge in [-0.1, -0.05) is 0 Å². The van der Waals surface area contributed by atoms with Gasteiger partial charge in [0.15, 0.2) is 0 Å². The van der Waals surface area contributed by atoms with Crippen LogP contribution in [0, 0.1) is 0 Å². The molecule has 1 atom stereocenters. The Balaban J connectivity index is 3.17. The maximum absolute atomic E-state index is 10.7. The zero-order valence-electron chi connectivity index (χ0n) is 6.48. The second-order valence-electron chi connectivity index (χ2n) is 2.46. The van der Waals surface area contributed by atoms with Crippen molar-refractivity contribution in [3.63, 3.8) is 0 Å². The Morgan fingerprint density at radius 1 is 1.58 bits per heavy atom. The van der Waals surface area contributed by atoms with Gasteiger partial charge < -0.3 is 14.3 Å². The number of rotatable bonds is 2. The first-order valence-electron chi connectivity index (χ1n) is 3.43. The summed E-state index contributed by atoms with van der Waals surface area (Å²) in [5, 5.41) is 8.96. The fourth-order valence-electron chi connectivity index (χ4n) is 0.775. The molecule has 0 bridgehead atoms. The number of carbonyl (C=O) groups is 1. The summed E-state index contributed by atoms with van der Waals surface area (Å²) in [7, 11) is 0. The van der Waals surface area contributed by atoms with Crippen LogP contribution in [-0.4, -0.2) is 11.4 Å². The molecule has 1 aromatic rings. The Morgan fingerprint density at radius 2 is 2.25 bits per heavy atom. The van der Waals surface area contributed by atoms with Gasteiger partial charge in [-0.2, -0.15) is 0 Å². The van der Waals surface area contributed by atoms with Crippen LogP contribution in [0.25, 0.3) is 0 Å². The van der Waals surface area contributed by atoms with Gasteiger partial charge in [0.1, 0.15) is 17.8 Å². The van der Waals surface area contributed by atoms with Crippen LogP contribution >= 0.6 is 0 Å². The highest BCUT2D eigenvalue weighted by atomic mass is 16.4. The highest BCUT2D eigenvalue weighted by Crippen LogP contribution is 2.15.